The summed E-state index contributed by atoms with van der Waals surface area (Å²) in [6.07, 6.45) is -2.20. The molecule has 1 atom stereocenters. The van der Waals surface area contributed by atoms with Gasteiger partial charge in [-0.25, -0.2) is 0 Å². The van der Waals surface area contributed by atoms with Crippen molar-refractivity contribution in [2.75, 3.05) is 6.54 Å². The lowest BCUT2D eigenvalue weighted by molar-refractivity contribution is -0.202. The largest absolute Gasteiger partial charge is 0.410 e. The molecular weight excluding hydrogens is 349 g/mol. The van der Waals surface area contributed by atoms with Crippen LogP contribution in [0.5, 0.6) is 0 Å². The summed E-state index contributed by atoms with van der Waals surface area (Å²) in [7, 11) is 0. The second-order valence-corrected chi connectivity index (χ2v) is 7.43. The summed E-state index contributed by atoms with van der Waals surface area (Å²) in [6.45, 7) is 2.34. The van der Waals surface area contributed by atoms with Crippen LogP contribution in [-0.2, 0) is 5.54 Å². The van der Waals surface area contributed by atoms with Gasteiger partial charge in [0.2, 0.25) is 0 Å². The molecule has 0 bridgehead atoms. The first-order valence-corrected chi connectivity index (χ1v) is 9.42. The maximum atomic E-state index is 14.6. The van der Waals surface area contributed by atoms with E-state index in [0.717, 1.165) is 29.5 Å². The molecule has 27 heavy (non-hydrogen) atoms. The third kappa shape index (κ3) is 3.04. The summed E-state index contributed by atoms with van der Waals surface area (Å²) in [5, 5.41) is 3.54. The Kier molecular flexibility index (Phi) is 4.50. The molecule has 4 rings (SSSR count). The normalized spacial score (nSPS) is 21.3. The van der Waals surface area contributed by atoms with Gasteiger partial charge in [0.05, 0.1) is 5.69 Å². The number of benzene rings is 2. The van der Waals surface area contributed by atoms with Gasteiger partial charge in [-0.05, 0) is 37.9 Å². The number of para-hydroxylation sites is 1. The quantitative estimate of drug-likeness (QED) is 0.562. The maximum absolute atomic E-state index is 14.6. The zero-order valence-corrected chi connectivity index (χ0v) is 15.3. The molecule has 2 nitrogen and oxygen atoms in total. The van der Waals surface area contributed by atoms with Gasteiger partial charge in [0.15, 0.2) is 0 Å². The van der Waals surface area contributed by atoms with E-state index in [9.17, 15) is 13.2 Å². The Morgan fingerprint density at radius 2 is 1.67 bits per heavy atom. The van der Waals surface area contributed by atoms with E-state index in [1.165, 1.54) is 0 Å². The average molecular weight is 372 g/mol. The van der Waals surface area contributed by atoms with Crippen LogP contribution in [0.15, 0.2) is 48.5 Å². The molecule has 1 unspecified atom stereocenters. The van der Waals surface area contributed by atoms with Crippen LogP contribution in [0, 0.1) is 6.92 Å². The highest BCUT2D eigenvalue weighted by Gasteiger charge is 2.57. The summed E-state index contributed by atoms with van der Waals surface area (Å²) in [4.78, 5) is 3.27. The van der Waals surface area contributed by atoms with E-state index in [1.807, 2.05) is 43.3 Å². The predicted molar refractivity (Wildman–Crippen MR) is 103 cm³/mol. The van der Waals surface area contributed by atoms with Crippen molar-refractivity contribution in [2.45, 2.75) is 44.3 Å². The van der Waals surface area contributed by atoms with E-state index in [2.05, 4.69) is 10.3 Å². The van der Waals surface area contributed by atoms with Crippen LogP contribution < -0.4 is 5.32 Å². The number of aromatic nitrogens is 1. The topological polar surface area (TPSA) is 27.8 Å². The lowest BCUT2D eigenvalue weighted by Crippen LogP contribution is -2.53. The Bertz CT molecular complexity index is 930. The monoisotopic (exact) mass is 372 g/mol. The van der Waals surface area contributed by atoms with Crippen molar-refractivity contribution in [3.8, 4) is 11.3 Å². The highest BCUT2D eigenvalue weighted by atomic mass is 19.4. The average Bonchev–Trinajstić information content (AvgIpc) is 2.84. The molecule has 0 amide bonds. The number of alkyl halides is 3. The van der Waals surface area contributed by atoms with Crippen molar-refractivity contribution < 1.29 is 13.2 Å². The number of nitrogens with one attached hydrogen (secondary N) is 2. The molecule has 2 aromatic carbocycles. The Hall–Kier alpha value is -2.27. The first-order chi connectivity index (χ1) is 12.9. The van der Waals surface area contributed by atoms with E-state index >= 15 is 0 Å². The van der Waals surface area contributed by atoms with Gasteiger partial charge in [0.1, 0.15) is 5.54 Å². The Morgan fingerprint density at radius 1 is 0.926 bits per heavy atom. The lowest BCUT2D eigenvalue weighted by Gasteiger charge is -2.37. The number of hydrogen-bond acceptors (Lipinski definition) is 1. The van der Waals surface area contributed by atoms with Gasteiger partial charge in [0.25, 0.3) is 0 Å². The predicted octanol–water partition coefficient (Wildman–Crippen LogP) is 6.06. The third-order valence-electron chi connectivity index (χ3n) is 5.61. The van der Waals surface area contributed by atoms with Crippen LogP contribution in [0.25, 0.3) is 22.2 Å². The minimum absolute atomic E-state index is 0.0528. The van der Waals surface area contributed by atoms with Crippen LogP contribution in [0.2, 0.25) is 0 Å². The van der Waals surface area contributed by atoms with Gasteiger partial charge in [-0.2, -0.15) is 13.2 Å². The molecule has 1 fully saturated rings. The molecule has 1 saturated heterocycles. The minimum Gasteiger partial charge on any atom is -0.354 e. The van der Waals surface area contributed by atoms with E-state index in [1.54, 1.807) is 12.1 Å². The second kappa shape index (κ2) is 6.71. The molecule has 5 heteroatoms. The number of hydrogen-bond donors (Lipinski definition) is 2. The van der Waals surface area contributed by atoms with Crippen LogP contribution in [0.1, 0.15) is 36.8 Å². The van der Waals surface area contributed by atoms with Crippen LogP contribution in [0.4, 0.5) is 13.2 Å². The van der Waals surface area contributed by atoms with Crippen LogP contribution >= 0.6 is 0 Å². The maximum Gasteiger partial charge on any atom is 0.410 e. The van der Waals surface area contributed by atoms with Gasteiger partial charge < -0.3 is 4.98 Å². The molecular formula is C22H23F3N2. The van der Waals surface area contributed by atoms with Gasteiger partial charge in [-0.3, -0.25) is 5.32 Å². The van der Waals surface area contributed by atoms with Gasteiger partial charge in [0, 0.05) is 16.5 Å². The standard InChI is InChI=1S/C22H23F3N2/c1-15-9-11-16(12-10-15)20-19(17-7-3-4-8-18(17)27-20)21(22(23,24)25)13-5-2-6-14-26-21/h3-4,7-12,26-27H,2,5-6,13-14H2,1H3. The SMILES string of the molecule is Cc1ccc(-c2[nH]c3ccccc3c2C2(C(F)(F)F)CCCCCN2)cc1. The summed E-state index contributed by atoms with van der Waals surface area (Å²) in [5.41, 5.74) is 1.44. The molecule has 0 spiro atoms. The number of halogens is 3. The summed E-state index contributed by atoms with van der Waals surface area (Å²) < 4.78 is 43.7. The smallest absolute Gasteiger partial charge is 0.354 e. The molecule has 2 heterocycles. The van der Waals surface area contributed by atoms with Crippen LogP contribution in [0.3, 0.4) is 0 Å². The zero-order chi connectivity index (χ0) is 19.1. The molecule has 142 valence electrons. The lowest BCUT2D eigenvalue weighted by atomic mass is 9.81. The van der Waals surface area contributed by atoms with Crippen molar-refractivity contribution in [1.82, 2.24) is 10.3 Å². The number of H-pyrrole nitrogens is 1. The Morgan fingerprint density at radius 3 is 2.41 bits per heavy atom. The van der Waals surface area contributed by atoms with Crippen molar-refractivity contribution in [3.63, 3.8) is 0 Å². The molecule has 0 aliphatic carbocycles. The van der Waals surface area contributed by atoms with Gasteiger partial charge in [-0.15, -0.1) is 0 Å². The molecule has 3 aromatic rings. The van der Waals surface area contributed by atoms with Gasteiger partial charge in [-0.1, -0.05) is 60.9 Å². The second-order valence-electron chi connectivity index (χ2n) is 7.43. The molecule has 0 radical (unpaired) electrons. The third-order valence-corrected chi connectivity index (χ3v) is 5.61. The minimum atomic E-state index is -4.39. The fourth-order valence-corrected chi connectivity index (χ4v) is 4.20. The van der Waals surface area contributed by atoms with E-state index in [4.69, 9.17) is 0 Å². The highest BCUT2D eigenvalue weighted by molar-refractivity contribution is 5.92. The summed E-state index contributed by atoms with van der Waals surface area (Å²) in [6, 6.07) is 14.9. The summed E-state index contributed by atoms with van der Waals surface area (Å²) in [5.74, 6) is 0. The van der Waals surface area contributed by atoms with Gasteiger partial charge >= 0.3 is 6.18 Å². The van der Waals surface area contributed by atoms with Crippen molar-refractivity contribution in [2.24, 2.45) is 0 Å². The number of aryl methyl sites for hydroxylation is 1. The van der Waals surface area contributed by atoms with Crippen molar-refractivity contribution in [3.05, 3.63) is 59.7 Å². The van der Waals surface area contributed by atoms with E-state index in [0.29, 0.717) is 29.6 Å². The fourth-order valence-electron chi connectivity index (χ4n) is 4.20. The number of fused-ring (bicyclic) bond motifs is 1. The molecule has 1 aliphatic heterocycles. The molecule has 1 aromatic heterocycles. The molecule has 1 aliphatic rings. The molecule has 0 saturated carbocycles. The van der Waals surface area contributed by atoms with Crippen molar-refractivity contribution in [1.29, 1.82) is 0 Å². The van der Waals surface area contributed by atoms with E-state index < -0.39 is 11.7 Å². The first kappa shape index (κ1) is 18.1. The fraction of sp³-hybridized carbons (Fsp3) is 0.364. The number of rotatable bonds is 2. The summed E-state index contributed by atoms with van der Waals surface area (Å²) >= 11 is 0. The number of aromatic amines is 1. The Labute approximate surface area is 156 Å². The van der Waals surface area contributed by atoms with Crippen LogP contribution in [-0.4, -0.2) is 17.7 Å². The zero-order valence-electron chi connectivity index (χ0n) is 15.3. The highest BCUT2D eigenvalue weighted by Crippen LogP contribution is 2.49. The van der Waals surface area contributed by atoms with Crippen molar-refractivity contribution >= 4 is 10.9 Å². The molecule has 2 N–H and O–H groups in total. The van der Waals surface area contributed by atoms with E-state index in [-0.39, 0.29) is 6.42 Å². The first-order valence-electron chi connectivity index (χ1n) is 9.42. The Balaban J connectivity index is 2.03.